The van der Waals surface area contributed by atoms with Gasteiger partial charge >= 0.3 is 0 Å². The Bertz CT molecular complexity index is 265. The number of pyridine rings is 1. The van der Waals surface area contributed by atoms with Crippen molar-refractivity contribution in [3.8, 4) is 5.88 Å². The third-order valence-electron chi connectivity index (χ3n) is 3.08. The van der Waals surface area contributed by atoms with Crippen LogP contribution in [-0.2, 0) is 0 Å². The van der Waals surface area contributed by atoms with Gasteiger partial charge in [-0.2, -0.15) is 0 Å². The van der Waals surface area contributed by atoms with E-state index in [2.05, 4.69) is 4.98 Å². The number of hydrogen-bond donors (Lipinski definition) is 0. The van der Waals surface area contributed by atoms with Gasteiger partial charge in [-0.3, -0.25) is 0 Å². The summed E-state index contributed by atoms with van der Waals surface area (Å²) in [5.74, 6) is 1.51. The first-order chi connectivity index (χ1) is 7.45. The molecule has 1 aliphatic carbocycles. The maximum atomic E-state index is 5.69. The zero-order valence-electron chi connectivity index (χ0n) is 9.19. The Hall–Kier alpha value is -1.05. The molecule has 2 nitrogen and oxygen atoms in total. The van der Waals surface area contributed by atoms with Crippen molar-refractivity contribution in [3.63, 3.8) is 0 Å². The molecule has 1 aromatic heterocycles. The highest BCUT2D eigenvalue weighted by Crippen LogP contribution is 2.23. The zero-order chi connectivity index (χ0) is 10.3. The van der Waals surface area contributed by atoms with E-state index in [-0.39, 0.29) is 0 Å². The van der Waals surface area contributed by atoms with Crippen LogP contribution in [0.5, 0.6) is 5.88 Å². The van der Waals surface area contributed by atoms with E-state index in [1.807, 2.05) is 18.2 Å². The molecule has 15 heavy (non-hydrogen) atoms. The molecule has 0 radical (unpaired) electrons. The SMILES string of the molecule is c1ccc(OCC2CCCCCC2)nc1. The fourth-order valence-electron chi connectivity index (χ4n) is 2.17. The van der Waals surface area contributed by atoms with Gasteiger partial charge in [-0.05, 0) is 24.8 Å². The molecule has 2 rings (SSSR count). The molecule has 82 valence electrons. The van der Waals surface area contributed by atoms with Crippen LogP contribution >= 0.6 is 0 Å². The van der Waals surface area contributed by atoms with E-state index in [4.69, 9.17) is 4.74 Å². The van der Waals surface area contributed by atoms with Crippen LogP contribution in [0, 0.1) is 5.92 Å². The molecule has 1 aromatic rings. The van der Waals surface area contributed by atoms with Gasteiger partial charge in [0, 0.05) is 12.3 Å². The Kier molecular flexibility index (Phi) is 4.01. The second-order valence-corrected chi connectivity index (χ2v) is 4.34. The molecule has 1 fully saturated rings. The first-order valence-corrected chi connectivity index (χ1v) is 5.99. The fourth-order valence-corrected chi connectivity index (χ4v) is 2.17. The molecule has 0 atom stereocenters. The molecule has 1 saturated carbocycles. The van der Waals surface area contributed by atoms with Crippen LogP contribution in [0.4, 0.5) is 0 Å². The Morgan fingerprint density at radius 2 is 1.93 bits per heavy atom. The molecule has 1 aliphatic rings. The minimum absolute atomic E-state index is 0.745. The number of hydrogen-bond acceptors (Lipinski definition) is 2. The van der Waals surface area contributed by atoms with Gasteiger partial charge in [0.25, 0.3) is 0 Å². The van der Waals surface area contributed by atoms with Crippen LogP contribution in [0.15, 0.2) is 24.4 Å². The van der Waals surface area contributed by atoms with E-state index in [0.29, 0.717) is 0 Å². The Balaban J connectivity index is 1.77. The summed E-state index contributed by atoms with van der Waals surface area (Å²) in [6, 6.07) is 5.81. The zero-order valence-corrected chi connectivity index (χ0v) is 9.19. The van der Waals surface area contributed by atoms with Gasteiger partial charge in [0.1, 0.15) is 0 Å². The minimum Gasteiger partial charge on any atom is -0.477 e. The summed E-state index contributed by atoms with van der Waals surface area (Å²) in [4.78, 5) is 4.16. The highest BCUT2D eigenvalue weighted by atomic mass is 16.5. The highest BCUT2D eigenvalue weighted by molar-refractivity contribution is 5.09. The molecule has 0 saturated heterocycles. The van der Waals surface area contributed by atoms with E-state index in [9.17, 15) is 0 Å². The van der Waals surface area contributed by atoms with Gasteiger partial charge in [-0.25, -0.2) is 4.98 Å². The summed E-state index contributed by atoms with van der Waals surface area (Å²) in [6.45, 7) is 0.844. The average molecular weight is 205 g/mol. The Morgan fingerprint density at radius 3 is 2.60 bits per heavy atom. The monoisotopic (exact) mass is 205 g/mol. The molecular formula is C13H19NO. The first-order valence-electron chi connectivity index (χ1n) is 5.99. The third kappa shape index (κ3) is 3.54. The molecule has 0 bridgehead atoms. The predicted molar refractivity (Wildman–Crippen MR) is 60.9 cm³/mol. The molecule has 0 spiro atoms. The molecule has 2 heteroatoms. The Morgan fingerprint density at radius 1 is 1.13 bits per heavy atom. The second-order valence-electron chi connectivity index (χ2n) is 4.34. The van der Waals surface area contributed by atoms with E-state index < -0.39 is 0 Å². The summed E-state index contributed by atoms with van der Waals surface area (Å²) in [5.41, 5.74) is 0. The van der Waals surface area contributed by atoms with Gasteiger partial charge in [0.15, 0.2) is 0 Å². The number of nitrogens with zero attached hydrogens (tertiary/aromatic N) is 1. The fraction of sp³-hybridized carbons (Fsp3) is 0.615. The van der Waals surface area contributed by atoms with Crippen molar-refractivity contribution in [3.05, 3.63) is 24.4 Å². The van der Waals surface area contributed by atoms with Gasteiger partial charge in [0.05, 0.1) is 6.61 Å². The van der Waals surface area contributed by atoms with Crippen molar-refractivity contribution in [2.75, 3.05) is 6.61 Å². The van der Waals surface area contributed by atoms with Gasteiger partial charge in [-0.15, -0.1) is 0 Å². The lowest BCUT2D eigenvalue weighted by Crippen LogP contribution is -2.11. The van der Waals surface area contributed by atoms with Crippen molar-refractivity contribution in [2.24, 2.45) is 5.92 Å². The largest absolute Gasteiger partial charge is 0.477 e. The van der Waals surface area contributed by atoms with Gasteiger partial charge < -0.3 is 4.74 Å². The van der Waals surface area contributed by atoms with E-state index >= 15 is 0 Å². The molecule has 0 unspecified atom stereocenters. The van der Waals surface area contributed by atoms with Crippen LogP contribution in [0.1, 0.15) is 38.5 Å². The number of rotatable bonds is 3. The summed E-state index contributed by atoms with van der Waals surface area (Å²) < 4.78 is 5.69. The van der Waals surface area contributed by atoms with E-state index in [1.54, 1.807) is 6.20 Å². The molecule has 0 aliphatic heterocycles. The van der Waals surface area contributed by atoms with Crippen LogP contribution < -0.4 is 4.74 Å². The van der Waals surface area contributed by atoms with Crippen molar-refractivity contribution in [1.29, 1.82) is 0 Å². The standard InChI is InChI=1S/C13H19NO/c1-2-4-8-12(7-3-1)11-15-13-9-5-6-10-14-13/h5-6,9-10,12H,1-4,7-8,11H2. The normalized spacial score (nSPS) is 18.4. The Labute approximate surface area is 91.7 Å². The van der Waals surface area contributed by atoms with Crippen LogP contribution in [0.3, 0.4) is 0 Å². The maximum Gasteiger partial charge on any atom is 0.213 e. The number of ether oxygens (including phenoxy) is 1. The van der Waals surface area contributed by atoms with Crippen molar-refractivity contribution in [1.82, 2.24) is 4.98 Å². The van der Waals surface area contributed by atoms with Crippen molar-refractivity contribution in [2.45, 2.75) is 38.5 Å². The summed E-state index contributed by atoms with van der Waals surface area (Å²) in [7, 11) is 0. The van der Waals surface area contributed by atoms with Crippen molar-refractivity contribution < 1.29 is 4.74 Å². The lowest BCUT2D eigenvalue weighted by Gasteiger charge is -2.14. The highest BCUT2D eigenvalue weighted by Gasteiger charge is 2.12. The van der Waals surface area contributed by atoms with E-state index in [1.165, 1.54) is 38.5 Å². The van der Waals surface area contributed by atoms with Crippen LogP contribution in [0.2, 0.25) is 0 Å². The predicted octanol–water partition coefficient (Wildman–Crippen LogP) is 3.43. The molecule has 0 amide bonds. The third-order valence-corrected chi connectivity index (χ3v) is 3.08. The maximum absolute atomic E-state index is 5.69. The summed E-state index contributed by atoms with van der Waals surface area (Å²) in [6.07, 6.45) is 9.98. The van der Waals surface area contributed by atoms with Gasteiger partial charge in [0.2, 0.25) is 5.88 Å². The topological polar surface area (TPSA) is 22.1 Å². The molecule has 0 N–H and O–H groups in total. The summed E-state index contributed by atoms with van der Waals surface area (Å²) >= 11 is 0. The minimum atomic E-state index is 0.745. The lowest BCUT2D eigenvalue weighted by molar-refractivity contribution is 0.226. The first kappa shape index (κ1) is 10.5. The molecule has 0 aromatic carbocycles. The average Bonchev–Trinajstić information content (AvgIpc) is 2.56. The quantitative estimate of drug-likeness (QED) is 0.705. The number of aromatic nitrogens is 1. The van der Waals surface area contributed by atoms with Crippen LogP contribution in [0.25, 0.3) is 0 Å². The van der Waals surface area contributed by atoms with Crippen molar-refractivity contribution >= 4 is 0 Å². The second kappa shape index (κ2) is 5.74. The summed E-state index contributed by atoms with van der Waals surface area (Å²) in [5, 5.41) is 0. The smallest absolute Gasteiger partial charge is 0.213 e. The lowest BCUT2D eigenvalue weighted by atomic mass is 10.0. The molecular weight excluding hydrogens is 186 g/mol. The van der Waals surface area contributed by atoms with Gasteiger partial charge in [-0.1, -0.05) is 31.7 Å². The molecule has 1 heterocycles. The van der Waals surface area contributed by atoms with Crippen LogP contribution in [-0.4, -0.2) is 11.6 Å². The van der Waals surface area contributed by atoms with E-state index in [0.717, 1.165) is 18.4 Å².